The fourth-order valence-corrected chi connectivity index (χ4v) is 22.0. The minimum Gasteiger partial charge on any atom is -0.497 e. The van der Waals surface area contributed by atoms with E-state index in [1.165, 1.54) is 33.8 Å². The van der Waals surface area contributed by atoms with E-state index in [0.717, 1.165) is 75.0 Å². The molecule has 0 radical (unpaired) electrons. The number of methoxy groups -OCH3 is 1. The molecular formula is C94H81Br2F5N8O16S4. The van der Waals surface area contributed by atoms with Gasteiger partial charge in [-0.15, -0.1) is 0 Å². The average molecular weight is 1960 g/mol. The third-order valence-electron chi connectivity index (χ3n) is 21.2. The summed E-state index contributed by atoms with van der Waals surface area (Å²) in [5.74, 6) is -6.08. The molecule has 0 bridgehead atoms. The number of nitrogens with zero attached hydrogens (tertiary/aromatic N) is 8. The van der Waals surface area contributed by atoms with Crippen LogP contribution in [0.2, 0.25) is 0 Å². The maximum Gasteiger partial charge on any atom is 0.187 e. The summed E-state index contributed by atoms with van der Waals surface area (Å²) < 4.78 is 205. The van der Waals surface area contributed by atoms with Gasteiger partial charge in [-0.05, 0) is 127 Å². The van der Waals surface area contributed by atoms with Crippen LogP contribution in [-0.4, -0.2) is 126 Å². The summed E-state index contributed by atoms with van der Waals surface area (Å²) in [5.41, 5.74) is 7.55. The van der Waals surface area contributed by atoms with Gasteiger partial charge >= 0.3 is 0 Å². The lowest BCUT2D eigenvalue weighted by atomic mass is 9.82. The summed E-state index contributed by atoms with van der Waals surface area (Å²) in [5, 5.41) is 11.9. The Morgan fingerprint density at radius 3 is 1.28 bits per heavy atom. The van der Waals surface area contributed by atoms with Gasteiger partial charge in [0, 0.05) is 130 Å². The van der Waals surface area contributed by atoms with E-state index in [9.17, 15) is 74.8 Å². The molecule has 24 nitrogen and oxygen atoms in total. The molecule has 0 aliphatic heterocycles. The first kappa shape index (κ1) is 92.8. The largest absolute Gasteiger partial charge is 0.497 e. The van der Waals surface area contributed by atoms with Crippen molar-refractivity contribution in [2.24, 2.45) is 5.92 Å². The minimum atomic E-state index is -4.26. The van der Waals surface area contributed by atoms with Crippen LogP contribution in [0.3, 0.4) is 0 Å². The van der Waals surface area contributed by atoms with Crippen LogP contribution in [0.5, 0.6) is 5.75 Å². The van der Waals surface area contributed by atoms with Gasteiger partial charge in [0.1, 0.15) is 80.9 Å². The van der Waals surface area contributed by atoms with Crippen LogP contribution in [0, 0.1) is 55.8 Å². The summed E-state index contributed by atoms with van der Waals surface area (Å²) in [7, 11) is -14.5. The normalized spacial score (nSPS) is 12.5. The molecule has 666 valence electrons. The zero-order chi connectivity index (χ0) is 91.8. The van der Waals surface area contributed by atoms with Gasteiger partial charge in [0.05, 0.1) is 91.4 Å². The average Bonchev–Trinajstić information content (AvgIpc) is 1.62. The molecule has 16 aromatic rings. The van der Waals surface area contributed by atoms with E-state index >= 15 is 0 Å². The number of Topliss-reactive ketones (excluding diaryl/α,β-unsaturated/α-hetero) is 4. The molecule has 0 unspecified atom stereocenters. The van der Waals surface area contributed by atoms with E-state index in [1.54, 1.807) is 118 Å². The molecule has 0 spiro atoms. The second kappa shape index (κ2) is 39.7. The van der Waals surface area contributed by atoms with Crippen molar-refractivity contribution in [3.63, 3.8) is 0 Å². The molecule has 1 fully saturated rings. The topological polar surface area (TPSA) is 325 Å². The van der Waals surface area contributed by atoms with Crippen molar-refractivity contribution in [3.8, 4) is 16.9 Å². The molecular weight excluding hydrogens is 1880 g/mol. The van der Waals surface area contributed by atoms with Crippen LogP contribution >= 0.6 is 31.9 Å². The molecule has 0 atom stereocenters. The van der Waals surface area contributed by atoms with E-state index in [0.29, 0.717) is 79.4 Å². The molecule has 8 aromatic heterocycles. The zero-order valence-corrected chi connectivity index (χ0v) is 75.9. The van der Waals surface area contributed by atoms with Crippen molar-refractivity contribution in [2.45, 2.75) is 111 Å². The predicted octanol–water partition coefficient (Wildman–Crippen LogP) is 18.2. The molecule has 8 heterocycles. The van der Waals surface area contributed by atoms with E-state index < -0.39 is 109 Å². The van der Waals surface area contributed by atoms with Crippen molar-refractivity contribution in [3.05, 3.63) is 326 Å². The van der Waals surface area contributed by atoms with Gasteiger partial charge in [0.25, 0.3) is 0 Å². The highest BCUT2D eigenvalue weighted by atomic mass is 79.9. The number of rotatable bonds is 30. The Hall–Kier alpha value is -12.4. The van der Waals surface area contributed by atoms with Gasteiger partial charge < -0.3 is 36.6 Å². The van der Waals surface area contributed by atoms with Gasteiger partial charge in [-0.3, -0.25) is 24.2 Å². The molecule has 0 saturated heterocycles. The number of fused-ring (bicyclic) bond motifs is 4. The Kier molecular flexibility index (Phi) is 28.5. The summed E-state index contributed by atoms with van der Waals surface area (Å²) in [6.45, 7) is 6.07. The minimum absolute atomic E-state index is 0.0466. The number of halogens is 7. The second-order valence-electron chi connectivity index (χ2n) is 31.3. The van der Waals surface area contributed by atoms with E-state index in [-0.39, 0.29) is 98.4 Å². The first-order valence-corrected chi connectivity index (χ1v) is 48.4. The van der Waals surface area contributed by atoms with Gasteiger partial charge in [-0.2, -0.15) is 0 Å². The van der Waals surface area contributed by atoms with Crippen LogP contribution in [0.25, 0.3) is 54.7 Å². The third-order valence-corrected chi connectivity index (χ3v) is 29.0. The molecule has 8 aromatic carbocycles. The van der Waals surface area contributed by atoms with Crippen molar-refractivity contribution >= 4 is 138 Å². The number of ketones is 4. The maximum atomic E-state index is 14.9. The van der Waals surface area contributed by atoms with Crippen molar-refractivity contribution in [1.29, 1.82) is 0 Å². The Labute approximate surface area is 754 Å². The lowest BCUT2D eigenvalue weighted by Crippen LogP contribution is -2.22. The number of aryl methyl sites for hydroxylation is 3. The SMILES string of the molecule is COc1cccc(Cn2cc(S(=O)(=O)CC(=O)Cc3cc(C)on3)c3ccccc32)c1.Cc1cc(CC(=O)CS(=O)(=O)c2cn(Cc3ccc(Br)cc3F)c3ccccc23)no1.Cc1cc(CC(=O)CS(=O)(=O)c2cn(Cc3cccc(-c4cccnc4)c3)c3cc(F)cc(F)c23)no1.O=C(CC1CCC1)CS(=O)(=O)c1cn(Cc2cccc(Br)c2)c2cc(F)cc(F)c12. The number of carbonyl (C=O) groups is 4. The van der Waals surface area contributed by atoms with Crippen LogP contribution in [-0.2, 0) is 104 Å². The fourth-order valence-electron chi connectivity index (χ4n) is 15.2. The lowest BCUT2D eigenvalue weighted by Gasteiger charge is -2.24. The molecule has 129 heavy (non-hydrogen) atoms. The Morgan fingerprint density at radius 1 is 0.419 bits per heavy atom. The molecule has 35 heteroatoms. The van der Waals surface area contributed by atoms with Crippen LogP contribution in [0.4, 0.5) is 22.0 Å². The summed E-state index contributed by atoms with van der Waals surface area (Å²) in [6.07, 6.45) is 11.7. The second-order valence-corrected chi connectivity index (χ2v) is 40.9. The van der Waals surface area contributed by atoms with E-state index in [2.05, 4.69) is 52.3 Å². The number of benzene rings is 8. The lowest BCUT2D eigenvalue weighted by molar-refractivity contribution is -0.118. The van der Waals surface area contributed by atoms with Gasteiger partial charge in [-0.25, -0.2) is 55.6 Å². The number of para-hydroxylation sites is 2. The van der Waals surface area contributed by atoms with Crippen LogP contribution < -0.4 is 4.74 Å². The molecule has 1 aliphatic carbocycles. The van der Waals surface area contributed by atoms with Crippen LogP contribution in [0.15, 0.2) is 273 Å². The number of sulfone groups is 4. The fraction of sp³-hybridized carbons (Fsp3) is 0.213. The first-order chi connectivity index (χ1) is 61.5. The molecule has 1 saturated carbocycles. The Balaban J connectivity index is 0.000000139. The monoisotopic (exact) mass is 1960 g/mol. The van der Waals surface area contributed by atoms with Crippen molar-refractivity contribution in [2.75, 3.05) is 30.1 Å². The molecule has 1 aliphatic rings. The van der Waals surface area contributed by atoms with Crippen molar-refractivity contribution in [1.82, 2.24) is 38.7 Å². The van der Waals surface area contributed by atoms with Gasteiger partial charge in [0.2, 0.25) is 0 Å². The smallest absolute Gasteiger partial charge is 0.187 e. The summed E-state index contributed by atoms with van der Waals surface area (Å²) in [4.78, 5) is 53.3. The highest BCUT2D eigenvalue weighted by Gasteiger charge is 2.33. The Bertz CT molecular complexity index is 7450. The highest BCUT2D eigenvalue weighted by Crippen LogP contribution is 2.37. The zero-order valence-electron chi connectivity index (χ0n) is 69.5. The number of aromatic nitrogens is 8. The number of hydrogen-bond donors (Lipinski definition) is 0. The predicted molar refractivity (Wildman–Crippen MR) is 480 cm³/mol. The quantitative estimate of drug-likeness (QED) is 0.0377. The summed E-state index contributed by atoms with van der Waals surface area (Å²) in [6, 6.07) is 53.4. The molecule has 0 N–H and O–H groups in total. The third kappa shape index (κ3) is 22.8. The van der Waals surface area contributed by atoms with E-state index in [1.807, 2.05) is 102 Å². The standard InChI is InChI=1S/C27H21F2N3O4S.C23H22N2O5S.C22H20BrF2NO3S.C22H18BrFN2O4S/c1-17-8-22(31-36-17)12-23(33)16-37(34,35)26-15-32(25-11-21(28)10-24(29)27(25)26)14-18-4-2-5-19(9-18)20-6-3-7-30-13-20;1-16-10-18(24-30-16)12-19(26)15-31(27,28)23-14-25(22-9-4-3-8-21(22)23)13-17-6-5-7-20(11-17)29-2;23-16-6-2-5-15(7-16)11-26-12-21(22-19(25)9-17(24)10-20(22)26)30(28,29)13-18(27)8-14-3-1-4-14;1-14-8-17(25-30-14)10-18(27)13-31(28,29)22-12-26(21-5-3-2-4-19(21)22)11-15-6-7-16(23)9-20(15)24/h2-11,13,15H,12,14,16H2,1H3;3-11,14H,12-13,15H2,1-2H3;2,5-7,9-10,12,14H,1,3-4,8,11,13H2;2-9,12H,10-11,13H2,1H3. The van der Waals surface area contributed by atoms with Crippen LogP contribution in [0.1, 0.15) is 82.3 Å². The summed E-state index contributed by atoms with van der Waals surface area (Å²) >= 11 is 6.61. The van der Waals surface area contributed by atoms with E-state index in [4.69, 9.17) is 18.3 Å². The Morgan fingerprint density at radius 2 is 0.837 bits per heavy atom. The van der Waals surface area contributed by atoms with Gasteiger partial charge in [-0.1, -0.05) is 158 Å². The number of pyridine rings is 1. The highest BCUT2D eigenvalue weighted by molar-refractivity contribution is 9.10. The number of ether oxygens (including phenoxy) is 1. The first-order valence-electron chi connectivity index (χ1n) is 40.2. The number of carbonyl (C=O) groups excluding carboxylic acids is 4. The maximum absolute atomic E-state index is 14.9. The molecule has 0 amide bonds. The molecule has 17 rings (SSSR count). The van der Waals surface area contributed by atoms with Crippen molar-refractivity contribution < 1.29 is 93.1 Å². The number of hydrogen-bond acceptors (Lipinski definition) is 20. The van der Waals surface area contributed by atoms with Gasteiger partial charge in [0.15, 0.2) is 56.7 Å².